The van der Waals surface area contributed by atoms with Gasteiger partial charge in [-0.25, -0.2) is 15.0 Å². The molecular formula is C21H25N5O2. The van der Waals surface area contributed by atoms with E-state index >= 15 is 0 Å². The van der Waals surface area contributed by atoms with Crippen LogP contribution in [0.3, 0.4) is 0 Å². The molecule has 0 radical (unpaired) electrons. The minimum absolute atomic E-state index is 0.00947. The van der Waals surface area contributed by atoms with E-state index in [9.17, 15) is 0 Å². The number of aliphatic hydroxyl groups is 1. The first-order valence-electron chi connectivity index (χ1n) is 9.96. The van der Waals surface area contributed by atoms with E-state index in [0.29, 0.717) is 0 Å². The molecule has 3 aliphatic rings. The number of hydrogen-bond acceptors (Lipinski definition) is 7. The lowest BCUT2D eigenvalue weighted by atomic mass is 9.98. The second-order valence-corrected chi connectivity index (χ2v) is 8.01. The predicted octanol–water partition coefficient (Wildman–Crippen LogP) is 2.00. The summed E-state index contributed by atoms with van der Waals surface area (Å²) in [5, 5.41) is 9.10. The average molecular weight is 379 g/mol. The summed E-state index contributed by atoms with van der Waals surface area (Å²) < 4.78 is 6.10. The number of aliphatic hydroxyl groups excluding tert-OH is 1. The predicted molar refractivity (Wildman–Crippen MR) is 108 cm³/mol. The van der Waals surface area contributed by atoms with Crippen LogP contribution in [0.5, 0.6) is 5.75 Å². The summed E-state index contributed by atoms with van der Waals surface area (Å²) in [5.74, 6) is 1.84. The molecule has 1 aromatic carbocycles. The van der Waals surface area contributed by atoms with Crippen LogP contribution in [0.2, 0.25) is 0 Å². The number of hydrogen-bond donors (Lipinski definition) is 1. The van der Waals surface area contributed by atoms with Crippen LogP contribution in [0.15, 0.2) is 35.6 Å². The maximum absolute atomic E-state index is 9.10. The minimum Gasteiger partial charge on any atom is -0.488 e. The van der Waals surface area contributed by atoms with Crippen molar-refractivity contribution in [2.24, 2.45) is 4.99 Å². The smallest absolute Gasteiger partial charge is 0.132 e. The minimum atomic E-state index is 0.00947. The largest absolute Gasteiger partial charge is 0.488 e. The number of benzene rings is 1. The third-order valence-electron chi connectivity index (χ3n) is 5.78. The quantitative estimate of drug-likeness (QED) is 0.706. The SMILES string of the molecule is CC1(Oc2ccc3c(c2)C(c2cc(N4CCN(CCO)CC4)ncn2)=N3)CC1. The van der Waals surface area contributed by atoms with Crippen molar-refractivity contribution < 1.29 is 9.84 Å². The Balaban J connectivity index is 1.32. The molecule has 0 spiro atoms. The van der Waals surface area contributed by atoms with Gasteiger partial charge in [0.1, 0.15) is 23.5 Å². The Kier molecular flexibility index (Phi) is 4.29. The van der Waals surface area contributed by atoms with Crippen LogP contribution in [-0.4, -0.2) is 70.6 Å². The molecule has 146 valence electrons. The number of piperazine rings is 1. The number of aromatic nitrogens is 2. The van der Waals surface area contributed by atoms with Gasteiger partial charge in [-0.3, -0.25) is 4.90 Å². The van der Waals surface area contributed by atoms with Gasteiger partial charge < -0.3 is 14.7 Å². The first-order chi connectivity index (χ1) is 13.6. The maximum atomic E-state index is 9.10. The molecule has 28 heavy (non-hydrogen) atoms. The van der Waals surface area contributed by atoms with Gasteiger partial charge in [-0.05, 0) is 38.0 Å². The Bertz CT molecular complexity index is 917. The Hall–Kier alpha value is -2.51. The normalized spacial score (nSPS) is 20.2. The van der Waals surface area contributed by atoms with E-state index in [1.54, 1.807) is 6.33 Å². The van der Waals surface area contributed by atoms with Gasteiger partial charge in [-0.15, -0.1) is 0 Å². The molecule has 2 aliphatic heterocycles. The van der Waals surface area contributed by atoms with Crippen LogP contribution < -0.4 is 9.64 Å². The number of rotatable bonds is 6. The fraction of sp³-hybridized carbons (Fsp3) is 0.476. The second-order valence-electron chi connectivity index (χ2n) is 8.01. The molecule has 0 amide bonds. The first-order valence-corrected chi connectivity index (χ1v) is 9.96. The second kappa shape index (κ2) is 6.83. The Morgan fingerprint density at radius 1 is 1.11 bits per heavy atom. The molecule has 1 N–H and O–H groups in total. The van der Waals surface area contributed by atoms with Crippen LogP contribution in [0.1, 0.15) is 31.0 Å². The number of anilines is 1. The molecule has 5 rings (SSSR count). The lowest BCUT2D eigenvalue weighted by Gasteiger charge is -2.35. The molecule has 2 aromatic rings. The summed E-state index contributed by atoms with van der Waals surface area (Å²) in [6.07, 6.45) is 3.86. The number of β-amino-alcohol motifs (C(OH)–C–C–N with tert-alkyl or cyclic N) is 1. The summed E-state index contributed by atoms with van der Waals surface area (Å²) >= 11 is 0. The summed E-state index contributed by atoms with van der Waals surface area (Å²) in [5.41, 5.74) is 3.85. The number of aliphatic imine (C=N–C) groups is 1. The lowest BCUT2D eigenvalue weighted by Crippen LogP contribution is -2.47. The highest BCUT2D eigenvalue weighted by molar-refractivity contribution is 6.21. The molecule has 7 heteroatoms. The molecule has 1 saturated heterocycles. The van der Waals surface area contributed by atoms with E-state index in [-0.39, 0.29) is 12.2 Å². The van der Waals surface area contributed by atoms with Gasteiger partial charge in [0, 0.05) is 44.4 Å². The molecular weight excluding hydrogens is 354 g/mol. The van der Waals surface area contributed by atoms with Gasteiger partial charge in [-0.1, -0.05) is 0 Å². The fourth-order valence-electron chi connectivity index (χ4n) is 3.74. The van der Waals surface area contributed by atoms with Crippen molar-refractivity contribution in [2.75, 3.05) is 44.2 Å². The van der Waals surface area contributed by atoms with Gasteiger partial charge in [0.25, 0.3) is 0 Å². The van der Waals surface area contributed by atoms with Gasteiger partial charge in [-0.2, -0.15) is 0 Å². The number of fused-ring (bicyclic) bond motifs is 1. The van der Waals surface area contributed by atoms with Crippen molar-refractivity contribution in [2.45, 2.75) is 25.4 Å². The van der Waals surface area contributed by atoms with Crippen LogP contribution >= 0.6 is 0 Å². The van der Waals surface area contributed by atoms with Gasteiger partial charge in [0.15, 0.2) is 0 Å². The number of ether oxygens (including phenoxy) is 1. The highest BCUT2D eigenvalue weighted by Gasteiger charge is 2.40. The van der Waals surface area contributed by atoms with Crippen molar-refractivity contribution in [1.29, 1.82) is 0 Å². The van der Waals surface area contributed by atoms with Crippen LogP contribution in [0, 0.1) is 0 Å². The number of nitrogens with zero attached hydrogens (tertiary/aromatic N) is 5. The topological polar surface area (TPSA) is 74.1 Å². The Labute approximate surface area is 164 Å². The van der Waals surface area contributed by atoms with Gasteiger partial charge in [0.05, 0.1) is 23.7 Å². The lowest BCUT2D eigenvalue weighted by molar-refractivity contribution is 0.188. The molecule has 1 saturated carbocycles. The van der Waals surface area contributed by atoms with Crippen molar-refractivity contribution in [3.63, 3.8) is 0 Å². The van der Waals surface area contributed by atoms with Gasteiger partial charge >= 0.3 is 0 Å². The van der Waals surface area contributed by atoms with Crippen molar-refractivity contribution in [3.8, 4) is 5.75 Å². The zero-order valence-electron chi connectivity index (χ0n) is 16.1. The standard InChI is InChI=1S/C21H25N5O2/c1-21(4-5-21)28-15-2-3-17-16(12-15)20(24-17)18-13-19(23-14-22-18)26-8-6-25(7-9-26)10-11-27/h2-3,12-14,27H,4-11H2,1H3. The maximum Gasteiger partial charge on any atom is 0.132 e. The van der Waals surface area contributed by atoms with E-state index in [2.05, 4.69) is 37.8 Å². The highest BCUT2D eigenvalue weighted by atomic mass is 16.5. The van der Waals surface area contributed by atoms with Crippen molar-refractivity contribution in [3.05, 3.63) is 41.9 Å². The average Bonchev–Trinajstić information content (AvgIpc) is 3.42. The van der Waals surface area contributed by atoms with Crippen LogP contribution in [0.25, 0.3) is 0 Å². The summed E-state index contributed by atoms with van der Waals surface area (Å²) in [6.45, 7) is 6.76. The summed E-state index contributed by atoms with van der Waals surface area (Å²) in [7, 11) is 0. The Morgan fingerprint density at radius 2 is 1.93 bits per heavy atom. The third kappa shape index (κ3) is 3.36. The molecule has 0 bridgehead atoms. The fourth-order valence-corrected chi connectivity index (χ4v) is 3.74. The van der Waals surface area contributed by atoms with Crippen LogP contribution in [-0.2, 0) is 0 Å². The van der Waals surface area contributed by atoms with Gasteiger partial charge in [0.2, 0.25) is 0 Å². The zero-order chi connectivity index (χ0) is 19.1. The monoisotopic (exact) mass is 379 g/mol. The summed E-state index contributed by atoms with van der Waals surface area (Å²) in [4.78, 5) is 18.1. The molecule has 0 atom stereocenters. The Morgan fingerprint density at radius 3 is 2.68 bits per heavy atom. The zero-order valence-corrected chi connectivity index (χ0v) is 16.1. The van der Waals surface area contributed by atoms with Crippen LogP contribution in [0.4, 0.5) is 11.5 Å². The van der Waals surface area contributed by atoms with E-state index in [1.807, 2.05) is 18.2 Å². The molecule has 7 nitrogen and oxygen atoms in total. The molecule has 1 aliphatic carbocycles. The first kappa shape index (κ1) is 17.6. The van der Waals surface area contributed by atoms with Crippen molar-refractivity contribution in [1.82, 2.24) is 14.9 Å². The molecule has 0 unspecified atom stereocenters. The highest BCUT2D eigenvalue weighted by Crippen LogP contribution is 2.42. The summed E-state index contributed by atoms with van der Waals surface area (Å²) in [6, 6.07) is 8.12. The molecule has 2 fully saturated rings. The van der Waals surface area contributed by atoms with E-state index in [0.717, 1.165) is 79.8 Å². The van der Waals surface area contributed by atoms with E-state index in [4.69, 9.17) is 9.84 Å². The van der Waals surface area contributed by atoms with E-state index in [1.165, 1.54) is 0 Å². The third-order valence-corrected chi connectivity index (χ3v) is 5.78. The molecule has 1 aromatic heterocycles. The van der Waals surface area contributed by atoms with Crippen molar-refractivity contribution >= 4 is 17.2 Å². The van der Waals surface area contributed by atoms with E-state index < -0.39 is 0 Å². The molecule has 3 heterocycles.